The quantitative estimate of drug-likeness (QED) is 0.523. The summed E-state index contributed by atoms with van der Waals surface area (Å²) in [4.78, 5) is 29.3. The predicted molar refractivity (Wildman–Crippen MR) is 105 cm³/mol. The zero-order chi connectivity index (χ0) is 19.4. The number of aryl methyl sites for hydroxylation is 1. The van der Waals surface area contributed by atoms with Crippen LogP contribution in [-0.2, 0) is 17.9 Å². The van der Waals surface area contributed by atoms with Gasteiger partial charge in [0.1, 0.15) is 5.82 Å². The van der Waals surface area contributed by atoms with Gasteiger partial charge in [-0.2, -0.15) is 0 Å². The summed E-state index contributed by atoms with van der Waals surface area (Å²) in [5, 5.41) is 3.90. The highest BCUT2D eigenvalue weighted by Crippen LogP contribution is 2.17. The molecule has 3 aromatic rings. The van der Waals surface area contributed by atoms with Crippen LogP contribution in [-0.4, -0.2) is 21.2 Å². The summed E-state index contributed by atoms with van der Waals surface area (Å²) in [6.45, 7) is 4.37. The van der Waals surface area contributed by atoms with Crippen molar-refractivity contribution < 1.29 is 9.18 Å². The van der Waals surface area contributed by atoms with Gasteiger partial charge in [-0.1, -0.05) is 36.0 Å². The van der Waals surface area contributed by atoms with E-state index in [4.69, 9.17) is 0 Å². The molecule has 0 atom stereocenters. The lowest BCUT2D eigenvalue weighted by Crippen LogP contribution is -2.26. The Morgan fingerprint density at radius 2 is 2.04 bits per heavy atom. The Balaban J connectivity index is 1.68. The van der Waals surface area contributed by atoms with Crippen LogP contribution in [0.15, 0.2) is 52.4 Å². The zero-order valence-corrected chi connectivity index (χ0v) is 16.0. The number of nitrogens with zero attached hydrogens (tertiary/aromatic N) is 2. The minimum atomic E-state index is -0.263. The average molecular weight is 385 g/mol. The third-order valence-corrected chi connectivity index (χ3v) is 5.16. The standard InChI is InChI=1S/C20H20FN3O2S/c1-3-24-19(26)15-6-4-5-7-17(15)23-20(24)27-12-18(25)22-11-14-8-9-16(21)13(2)10-14/h4-10H,3,11-12H2,1-2H3,(H,22,25). The van der Waals surface area contributed by atoms with Gasteiger partial charge in [-0.15, -0.1) is 0 Å². The predicted octanol–water partition coefficient (Wildman–Crippen LogP) is 3.27. The molecule has 1 heterocycles. The number of halogens is 1. The first-order chi connectivity index (χ1) is 13.0. The van der Waals surface area contributed by atoms with Gasteiger partial charge in [0, 0.05) is 13.1 Å². The monoisotopic (exact) mass is 385 g/mol. The van der Waals surface area contributed by atoms with E-state index in [1.165, 1.54) is 17.8 Å². The van der Waals surface area contributed by atoms with Crippen molar-refractivity contribution in [3.05, 3.63) is 69.8 Å². The summed E-state index contributed by atoms with van der Waals surface area (Å²) in [5.74, 6) is -0.294. The van der Waals surface area contributed by atoms with Crippen LogP contribution < -0.4 is 10.9 Å². The molecule has 0 radical (unpaired) electrons. The molecule has 3 rings (SSSR count). The third-order valence-electron chi connectivity index (χ3n) is 4.19. The number of hydrogen-bond acceptors (Lipinski definition) is 4. The highest BCUT2D eigenvalue weighted by molar-refractivity contribution is 7.99. The number of rotatable bonds is 6. The summed E-state index contributed by atoms with van der Waals surface area (Å²) in [5.41, 5.74) is 1.90. The molecule has 0 saturated carbocycles. The Kier molecular flexibility index (Phi) is 5.91. The van der Waals surface area contributed by atoms with E-state index in [1.54, 1.807) is 35.8 Å². The molecule has 1 aromatic heterocycles. The molecule has 1 amide bonds. The smallest absolute Gasteiger partial charge is 0.262 e. The van der Waals surface area contributed by atoms with Crippen molar-refractivity contribution in [1.29, 1.82) is 0 Å². The Morgan fingerprint density at radius 3 is 2.78 bits per heavy atom. The number of fused-ring (bicyclic) bond motifs is 1. The Hall–Kier alpha value is -2.67. The van der Waals surface area contributed by atoms with Crippen molar-refractivity contribution in [2.45, 2.75) is 32.1 Å². The van der Waals surface area contributed by atoms with E-state index in [0.29, 0.717) is 34.7 Å². The second kappa shape index (κ2) is 8.35. The first-order valence-electron chi connectivity index (χ1n) is 8.63. The number of para-hydroxylation sites is 1. The van der Waals surface area contributed by atoms with E-state index in [9.17, 15) is 14.0 Å². The molecule has 0 aliphatic heterocycles. The Labute approximate surface area is 160 Å². The molecule has 5 nitrogen and oxygen atoms in total. The lowest BCUT2D eigenvalue weighted by Gasteiger charge is -2.11. The third kappa shape index (κ3) is 4.36. The molecule has 27 heavy (non-hydrogen) atoms. The summed E-state index contributed by atoms with van der Waals surface area (Å²) in [7, 11) is 0. The lowest BCUT2D eigenvalue weighted by molar-refractivity contribution is -0.118. The fourth-order valence-electron chi connectivity index (χ4n) is 2.74. The van der Waals surface area contributed by atoms with E-state index < -0.39 is 0 Å². The van der Waals surface area contributed by atoms with Gasteiger partial charge >= 0.3 is 0 Å². The maximum atomic E-state index is 13.3. The molecule has 7 heteroatoms. The van der Waals surface area contributed by atoms with Crippen LogP contribution in [0.2, 0.25) is 0 Å². The van der Waals surface area contributed by atoms with Gasteiger partial charge < -0.3 is 5.32 Å². The van der Waals surface area contributed by atoms with Crippen LogP contribution in [0, 0.1) is 12.7 Å². The molecule has 0 fully saturated rings. The van der Waals surface area contributed by atoms with Gasteiger partial charge in [-0.25, -0.2) is 9.37 Å². The van der Waals surface area contributed by atoms with Gasteiger partial charge in [0.05, 0.1) is 16.7 Å². The molecule has 140 valence electrons. The molecular formula is C20H20FN3O2S. The number of hydrogen-bond donors (Lipinski definition) is 1. The maximum absolute atomic E-state index is 13.3. The zero-order valence-electron chi connectivity index (χ0n) is 15.2. The van der Waals surface area contributed by atoms with Crippen molar-refractivity contribution in [2.75, 3.05) is 5.75 Å². The number of amides is 1. The molecule has 0 aliphatic carbocycles. The molecule has 0 unspecified atom stereocenters. The lowest BCUT2D eigenvalue weighted by atomic mass is 10.1. The normalized spacial score (nSPS) is 10.9. The molecule has 2 aromatic carbocycles. The Bertz CT molecular complexity index is 1050. The number of carbonyl (C=O) groups excluding carboxylic acids is 1. The van der Waals surface area contributed by atoms with Crippen molar-refractivity contribution in [2.24, 2.45) is 0 Å². The van der Waals surface area contributed by atoms with Crippen molar-refractivity contribution in [3.63, 3.8) is 0 Å². The molecule has 0 saturated heterocycles. The van der Waals surface area contributed by atoms with Crippen molar-refractivity contribution in [3.8, 4) is 0 Å². The average Bonchev–Trinajstić information content (AvgIpc) is 2.67. The number of benzene rings is 2. The summed E-state index contributed by atoms with van der Waals surface area (Å²) in [6, 6.07) is 11.9. The van der Waals surface area contributed by atoms with E-state index in [1.807, 2.05) is 19.1 Å². The van der Waals surface area contributed by atoms with Crippen LogP contribution in [0.4, 0.5) is 4.39 Å². The van der Waals surface area contributed by atoms with Gasteiger partial charge in [-0.3, -0.25) is 14.2 Å². The minimum Gasteiger partial charge on any atom is -0.351 e. The van der Waals surface area contributed by atoms with Crippen molar-refractivity contribution >= 4 is 28.6 Å². The molecule has 0 aliphatic rings. The van der Waals surface area contributed by atoms with Crippen LogP contribution in [0.5, 0.6) is 0 Å². The van der Waals surface area contributed by atoms with Crippen LogP contribution in [0.3, 0.4) is 0 Å². The number of carbonyl (C=O) groups is 1. The number of thioether (sulfide) groups is 1. The van der Waals surface area contributed by atoms with Crippen molar-refractivity contribution in [1.82, 2.24) is 14.9 Å². The first-order valence-corrected chi connectivity index (χ1v) is 9.62. The van der Waals surface area contributed by atoms with Gasteiger partial charge in [0.25, 0.3) is 5.56 Å². The second-order valence-corrected chi connectivity index (χ2v) is 7.05. The van der Waals surface area contributed by atoms with Crippen LogP contribution in [0.25, 0.3) is 10.9 Å². The van der Waals surface area contributed by atoms with Gasteiger partial charge in [0.15, 0.2) is 5.16 Å². The second-order valence-electron chi connectivity index (χ2n) is 6.11. The van der Waals surface area contributed by atoms with E-state index in [0.717, 1.165) is 5.56 Å². The SMILES string of the molecule is CCn1c(SCC(=O)NCc2ccc(F)c(C)c2)nc2ccccc2c1=O. The Morgan fingerprint density at radius 1 is 1.26 bits per heavy atom. The first kappa shape index (κ1) is 19.1. The topological polar surface area (TPSA) is 64.0 Å². The van der Waals surface area contributed by atoms with Gasteiger partial charge in [0.2, 0.25) is 5.91 Å². The van der Waals surface area contributed by atoms with E-state index in [2.05, 4.69) is 10.3 Å². The van der Waals surface area contributed by atoms with E-state index in [-0.39, 0.29) is 23.0 Å². The molecular weight excluding hydrogens is 365 g/mol. The maximum Gasteiger partial charge on any atom is 0.262 e. The highest BCUT2D eigenvalue weighted by Gasteiger charge is 2.12. The number of aromatic nitrogens is 2. The van der Waals surface area contributed by atoms with Crippen LogP contribution in [0.1, 0.15) is 18.1 Å². The van der Waals surface area contributed by atoms with E-state index >= 15 is 0 Å². The summed E-state index contributed by atoms with van der Waals surface area (Å²) >= 11 is 1.23. The van der Waals surface area contributed by atoms with Crippen LogP contribution >= 0.6 is 11.8 Å². The number of nitrogens with one attached hydrogen (secondary N) is 1. The largest absolute Gasteiger partial charge is 0.351 e. The molecule has 0 bridgehead atoms. The fourth-order valence-corrected chi connectivity index (χ4v) is 3.63. The fraction of sp³-hybridized carbons (Fsp3) is 0.250. The minimum absolute atomic E-state index is 0.104. The molecule has 0 spiro atoms. The molecule has 1 N–H and O–H groups in total. The summed E-state index contributed by atoms with van der Waals surface area (Å²) in [6.07, 6.45) is 0. The highest BCUT2D eigenvalue weighted by atomic mass is 32.2. The summed E-state index contributed by atoms with van der Waals surface area (Å²) < 4.78 is 14.9. The van der Waals surface area contributed by atoms with Gasteiger partial charge in [-0.05, 0) is 43.2 Å².